The lowest BCUT2D eigenvalue weighted by Gasteiger charge is -2.18. The van der Waals surface area contributed by atoms with Gasteiger partial charge in [0.2, 0.25) is 0 Å². The zero-order chi connectivity index (χ0) is 15.5. The Morgan fingerprint density at radius 2 is 2.05 bits per heavy atom. The minimum absolute atomic E-state index is 0.0116. The Hall–Kier alpha value is -1.62. The van der Waals surface area contributed by atoms with Gasteiger partial charge in [0.15, 0.2) is 0 Å². The molecule has 0 atom stereocenters. The quantitative estimate of drug-likeness (QED) is 0.921. The largest absolute Gasteiger partial charge is 0.368 e. The SMILES string of the molecule is CCc1ncnc(NCCc2cnn(C(C)(C)C)c2)c1Cl. The maximum absolute atomic E-state index is 6.25. The molecule has 0 radical (unpaired) electrons. The van der Waals surface area contributed by atoms with Crippen molar-refractivity contribution in [3.8, 4) is 0 Å². The third-order valence-electron chi connectivity index (χ3n) is 3.23. The number of nitrogens with one attached hydrogen (secondary N) is 1. The molecule has 0 fully saturated rings. The summed E-state index contributed by atoms with van der Waals surface area (Å²) in [5, 5.41) is 8.28. The average molecular weight is 308 g/mol. The fraction of sp³-hybridized carbons (Fsp3) is 0.533. The highest BCUT2D eigenvalue weighted by molar-refractivity contribution is 6.33. The summed E-state index contributed by atoms with van der Waals surface area (Å²) in [6.45, 7) is 9.19. The van der Waals surface area contributed by atoms with Crippen LogP contribution in [0.15, 0.2) is 18.7 Å². The van der Waals surface area contributed by atoms with E-state index in [-0.39, 0.29) is 5.54 Å². The Labute approximate surface area is 130 Å². The first-order valence-electron chi connectivity index (χ1n) is 7.19. The molecule has 5 nitrogen and oxygen atoms in total. The molecule has 6 heteroatoms. The van der Waals surface area contributed by atoms with Crippen LogP contribution < -0.4 is 5.32 Å². The van der Waals surface area contributed by atoms with Crippen molar-refractivity contribution in [1.29, 1.82) is 0 Å². The topological polar surface area (TPSA) is 55.6 Å². The van der Waals surface area contributed by atoms with E-state index >= 15 is 0 Å². The Morgan fingerprint density at radius 3 is 2.67 bits per heavy atom. The summed E-state index contributed by atoms with van der Waals surface area (Å²) in [5.41, 5.74) is 2.07. The van der Waals surface area contributed by atoms with Crippen molar-refractivity contribution in [1.82, 2.24) is 19.7 Å². The maximum atomic E-state index is 6.25. The van der Waals surface area contributed by atoms with Crippen LogP contribution in [-0.2, 0) is 18.4 Å². The van der Waals surface area contributed by atoms with Crippen molar-refractivity contribution >= 4 is 17.4 Å². The van der Waals surface area contributed by atoms with Crippen molar-refractivity contribution in [2.45, 2.75) is 46.1 Å². The number of halogens is 1. The van der Waals surface area contributed by atoms with Crippen molar-refractivity contribution in [3.05, 3.63) is 35.0 Å². The van der Waals surface area contributed by atoms with Crippen molar-refractivity contribution in [3.63, 3.8) is 0 Å². The van der Waals surface area contributed by atoms with Gasteiger partial charge in [0, 0.05) is 12.7 Å². The highest BCUT2D eigenvalue weighted by Crippen LogP contribution is 2.22. The number of hydrogen-bond acceptors (Lipinski definition) is 4. The van der Waals surface area contributed by atoms with E-state index in [0.29, 0.717) is 10.8 Å². The van der Waals surface area contributed by atoms with E-state index in [2.05, 4.69) is 47.4 Å². The molecule has 2 heterocycles. The summed E-state index contributed by atoms with van der Waals surface area (Å²) < 4.78 is 1.98. The second-order valence-corrected chi connectivity index (χ2v) is 6.36. The van der Waals surface area contributed by atoms with E-state index < -0.39 is 0 Å². The lowest BCUT2D eigenvalue weighted by Crippen LogP contribution is -2.22. The van der Waals surface area contributed by atoms with Crippen LogP contribution in [0.4, 0.5) is 5.82 Å². The van der Waals surface area contributed by atoms with Gasteiger partial charge in [0.05, 0.1) is 17.4 Å². The first-order valence-corrected chi connectivity index (χ1v) is 7.57. The van der Waals surface area contributed by atoms with E-state index in [4.69, 9.17) is 11.6 Å². The summed E-state index contributed by atoms with van der Waals surface area (Å²) >= 11 is 6.25. The van der Waals surface area contributed by atoms with E-state index in [1.807, 2.05) is 17.8 Å². The second kappa shape index (κ2) is 6.43. The predicted octanol–water partition coefficient (Wildman–Crippen LogP) is 3.30. The molecule has 2 aromatic rings. The molecule has 0 spiro atoms. The van der Waals surface area contributed by atoms with Crippen molar-refractivity contribution in [2.24, 2.45) is 0 Å². The summed E-state index contributed by atoms with van der Waals surface area (Å²) in [4.78, 5) is 8.35. The third-order valence-corrected chi connectivity index (χ3v) is 3.62. The van der Waals surface area contributed by atoms with Gasteiger partial charge in [-0.2, -0.15) is 5.10 Å². The van der Waals surface area contributed by atoms with E-state index in [1.165, 1.54) is 5.56 Å². The molecule has 0 aliphatic heterocycles. The van der Waals surface area contributed by atoms with Gasteiger partial charge in [-0.1, -0.05) is 18.5 Å². The van der Waals surface area contributed by atoms with Crippen LogP contribution in [0.2, 0.25) is 5.02 Å². The number of hydrogen-bond donors (Lipinski definition) is 1. The Balaban J connectivity index is 1.94. The molecule has 1 N–H and O–H groups in total. The molecule has 0 saturated heterocycles. The second-order valence-electron chi connectivity index (χ2n) is 5.98. The molecule has 0 aliphatic carbocycles. The van der Waals surface area contributed by atoms with Crippen molar-refractivity contribution in [2.75, 3.05) is 11.9 Å². The maximum Gasteiger partial charge on any atom is 0.148 e. The monoisotopic (exact) mass is 307 g/mol. The van der Waals surface area contributed by atoms with Crippen LogP contribution in [0.3, 0.4) is 0 Å². The van der Waals surface area contributed by atoms with Gasteiger partial charge in [-0.3, -0.25) is 4.68 Å². The molecule has 21 heavy (non-hydrogen) atoms. The lowest BCUT2D eigenvalue weighted by molar-refractivity contribution is 0.355. The fourth-order valence-electron chi connectivity index (χ4n) is 1.96. The van der Waals surface area contributed by atoms with Crippen LogP contribution in [0.1, 0.15) is 39.0 Å². The normalized spacial score (nSPS) is 11.7. The van der Waals surface area contributed by atoms with Gasteiger partial charge in [-0.25, -0.2) is 9.97 Å². The Kier molecular flexibility index (Phi) is 4.83. The highest BCUT2D eigenvalue weighted by atomic mass is 35.5. The van der Waals surface area contributed by atoms with E-state index in [0.717, 1.165) is 25.1 Å². The molecule has 0 aliphatic rings. The Bertz CT molecular complexity index is 600. The summed E-state index contributed by atoms with van der Waals surface area (Å²) in [7, 11) is 0. The van der Waals surface area contributed by atoms with E-state index in [9.17, 15) is 0 Å². The number of aryl methyl sites for hydroxylation is 1. The van der Waals surface area contributed by atoms with Crippen LogP contribution in [0.5, 0.6) is 0 Å². The van der Waals surface area contributed by atoms with Crippen LogP contribution in [-0.4, -0.2) is 26.3 Å². The minimum Gasteiger partial charge on any atom is -0.368 e. The van der Waals surface area contributed by atoms with Gasteiger partial charge < -0.3 is 5.32 Å². The summed E-state index contributed by atoms with van der Waals surface area (Å²) in [6.07, 6.45) is 7.21. The van der Waals surface area contributed by atoms with Crippen molar-refractivity contribution < 1.29 is 0 Å². The molecule has 0 saturated carbocycles. The van der Waals surface area contributed by atoms with Crippen LogP contribution in [0, 0.1) is 0 Å². The number of rotatable bonds is 5. The first-order chi connectivity index (χ1) is 9.91. The zero-order valence-corrected chi connectivity index (χ0v) is 13.8. The summed E-state index contributed by atoms with van der Waals surface area (Å²) in [5.74, 6) is 0.701. The molecule has 2 rings (SSSR count). The Morgan fingerprint density at radius 1 is 1.29 bits per heavy atom. The highest BCUT2D eigenvalue weighted by Gasteiger charge is 2.14. The fourth-order valence-corrected chi connectivity index (χ4v) is 2.26. The van der Waals surface area contributed by atoms with Gasteiger partial charge in [0.1, 0.15) is 17.2 Å². The standard InChI is InChI=1S/C15H22ClN5/c1-5-12-13(16)14(19-10-18-12)17-7-6-11-8-20-21(9-11)15(2,3)4/h8-10H,5-7H2,1-4H3,(H,17,18,19). The third kappa shape index (κ3) is 3.94. The molecule has 114 valence electrons. The molecular weight excluding hydrogens is 286 g/mol. The van der Waals surface area contributed by atoms with Gasteiger partial charge in [-0.05, 0) is 39.2 Å². The van der Waals surface area contributed by atoms with Gasteiger partial charge >= 0.3 is 0 Å². The molecule has 2 aromatic heterocycles. The lowest BCUT2D eigenvalue weighted by atomic mass is 10.1. The minimum atomic E-state index is 0.0116. The molecular formula is C15H22ClN5. The predicted molar refractivity (Wildman–Crippen MR) is 85.8 cm³/mol. The molecule has 0 amide bonds. The number of nitrogens with zero attached hydrogens (tertiary/aromatic N) is 4. The van der Waals surface area contributed by atoms with Gasteiger partial charge in [0.25, 0.3) is 0 Å². The zero-order valence-electron chi connectivity index (χ0n) is 13.0. The van der Waals surface area contributed by atoms with E-state index in [1.54, 1.807) is 6.33 Å². The molecule has 0 unspecified atom stereocenters. The van der Waals surface area contributed by atoms with Crippen LogP contribution >= 0.6 is 11.6 Å². The molecule has 0 bridgehead atoms. The smallest absolute Gasteiger partial charge is 0.148 e. The van der Waals surface area contributed by atoms with Crippen LogP contribution in [0.25, 0.3) is 0 Å². The van der Waals surface area contributed by atoms with Gasteiger partial charge in [-0.15, -0.1) is 0 Å². The number of aromatic nitrogens is 4. The number of anilines is 1. The molecule has 0 aromatic carbocycles. The summed E-state index contributed by atoms with van der Waals surface area (Å²) in [6, 6.07) is 0. The average Bonchev–Trinajstić information content (AvgIpc) is 2.89. The first kappa shape index (κ1) is 15.8.